The summed E-state index contributed by atoms with van der Waals surface area (Å²) < 4.78 is 8.35. The molecule has 3 heterocycles. The van der Waals surface area contributed by atoms with Crippen molar-refractivity contribution in [3.8, 4) is 5.88 Å². The maximum atomic E-state index is 12.5. The molecule has 0 aromatic carbocycles. The first-order chi connectivity index (χ1) is 13.5. The second-order valence-corrected chi connectivity index (χ2v) is 8.39. The Labute approximate surface area is 166 Å². The molecule has 0 radical (unpaired) electrons. The number of urea groups is 1. The van der Waals surface area contributed by atoms with Crippen LogP contribution in [0.25, 0.3) is 0 Å². The number of pyridine rings is 1. The van der Waals surface area contributed by atoms with Crippen LogP contribution in [0, 0.1) is 18.8 Å². The van der Waals surface area contributed by atoms with Crippen molar-refractivity contribution in [1.82, 2.24) is 25.0 Å². The number of nitrogens with one attached hydrogen (secondary N) is 1. The third kappa shape index (κ3) is 3.98. The molecular weight excluding hydrogens is 354 g/mol. The number of ether oxygens (including phenoxy) is 1. The molecule has 2 amide bonds. The number of rotatable bonds is 4. The van der Waals surface area contributed by atoms with E-state index in [1.807, 2.05) is 47.8 Å². The van der Waals surface area contributed by atoms with E-state index in [-0.39, 0.29) is 24.2 Å². The Morgan fingerprint density at radius 1 is 1.25 bits per heavy atom. The summed E-state index contributed by atoms with van der Waals surface area (Å²) in [5.74, 6) is 1.56. The van der Waals surface area contributed by atoms with Crippen LogP contribution in [0.4, 0.5) is 4.79 Å². The summed E-state index contributed by atoms with van der Waals surface area (Å²) in [6, 6.07) is 6.06. The van der Waals surface area contributed by atoms with Gasteiger partial charge in [0.2, 0.25) is 5.88 Å². The number of nitrogens with zero attached hydrogens (tertiary/aromatic N) is 4. The number of amides is 2. The predicted octanol–water partition coefficient (Wildman–Crippen LogP) is 3.04. The van der Waals surface area contributed by atoms with Gasteiger partial charge < -0.3 is 15.0 Å². The second kappa shape index (κ2) is 7.81. The van der Waals surface area contributed by atoms with E-state index < -0.39 is 0 Å². The lowest BCUT2D eigenvalue weighted by atomic mass is 9.77. The fourth-order valence-corrected chi connectivity index (χ4v) is 4.49. The zero-order valence-corrected chi connectivity index (χ0v) is 16.8. The normalized spacial score (nSPS) is 26.9. The quantitative estimate of drug-likeness (QED) is 0.881. The topological polar surface area (TPSA) is 72.3 Å². The molecule has 0 bridgehead atoms. The first-order valence-corrected chi connectivity index (χ1v) is 10.1. The van der Waals surface area contributed by atoms with E-state index in [0.29, 0.717) is 17.7 Å². The molecule has 2 aromatic heterocycles. The van der Waals surface area contributed by atoms with Gasteiger partial charge >= 0.3 is 6.03 Å². The number of carbonyl (C=O) groups excluding carboxylic acids is 1. The molecule has 1 aliphatic carbocycles. The van der Waals surface area contributed by atoms with Gasteiger partial charge in [0.25, 0.3) is 0 Å². The van der Waals surface area contributed by atoms with Crippen molar-refractivity contribution in [1.29, 1.82) is 0 Å². The molecule has 2 aromatic rings. The molecule has 28 heavy (non-hydrogen) atoms. The zero-order chi connectivity index (χ0) is 19.7. The molecule has 1 aliphatic heterocycles. The van der Waals surface area contributed by atoms with Crippen molar-refractivity contribution in [2.24, 2.45) is 11.8 Å². The second-order valence-electron chi connectivity index (χ2n) is 8.39. The average Bonchev–Trinajstić information content (AvgIpc) is 3.27. The minimum atomic E-state index is -0.0106. The highest BCUT2D eigenvalue weighted by atomic mass is 16.5. The van der Waals surface area contributed by atoms with Gasteiger partial charge in [-0.25, -0.2) is 9.78 Å². The number of fused-ring (bicyclic) bond motifs is 1. The van der Waals surface area contributed by atoms with Crippen LogP contribution in [-0.4, -0.2) is 50.9 Å². The highest BCUT2D eigenvalue weighted by Gasteiger charge is 2.45. The molecule has 7 nitrogen and oxygen atoms in total. The van der Waals surface area contributed by atoms with Gasteiger partial charge in [-0.15, -0.1) is 0 Å². The lowest BCUT2D eigenvalue weighted by molar-refractivity contribution is 0.0459. The maximum absolute atomic E-state index is 12.5. The van der Waals surface area contributed by atoms with E-state index in [0.717, 1.165) is 31.5 Å². The van der Waals surface area contributed by atoms with Gasteiger partial charge in [-0.2, -0.15) is 5.10 Å². The van der Waals surface area contributed by atoms with E-state index in [1.54, 1.807) is 6.20 Å². The summed E-state index contributed by atoms with van der Waals surface area (Å²) in [5, 5.41) is 7.58. The number of aromatic nitrogens is 3. The Balaban J connectivity index is 1.52. The SMILES string of the molecule is Cc1cnn([C@H]2C[C@H]3CN(C(=O)NC(C)C)C[C@H]3C[C@@H]2Oc2ccccn2)c1. The standard InChI is InChI=1S/C21H29N5O2/c1-14(2)24-21(27)25-12-16-8-18(26-11-15(3)10-23-26)19(9-17(16)13-25)28-20-6-4-5-7-22-20/h4-7,10-11,14,16-19H,8-9,12-13H2,1-3H3,(H,24,27)/t16-,17+,18-,19-/m0/s1. The largest absolute Gasteiger partial charge is 0.472 e. The highest BCUT2D eigenvalue weighted by Crippen LogP contribution is 2.42. The van der Waals surface area contributed by atoms with Gasteiger partial charge in [-0.3, -0.25) is 4.68 Å². The summed E-state index contributed by atoms with van der Waals surface area (Å²) in [4.78, 5) is 18.8. The summed E-state index contributed by atoms with van der Waals surface area (Å²) >= 11 is 0. The minimum absolute atomic E-state index is 0.0106. The van der Waals surface area contributed by atoms with Gasteiger partial charge in [-0.05, 0) is 57.1 Å². The third-order valence-corrected chi connectivity index (χ3v) is 5.76. The molecule has 4 atom stereocenters. The maximum Gasteiger partial charge on any atom is 0.317 e. The summed E-state index contributed by atoms with van der Waals surface area (Å²) in [7, 11) is 0. The molecular formula is C21H29N5O2. The van der Waals surface area contributed by atoms with Crippen LogP contribution in [0.5, 0.6) is 5.88 Å². The summed E-state index contributed by atoms with van der Waals surface area (Å²) in [5.41, 5.74) is 1.14. The van der Waals surface area contributed by atoms with Crippen LogP contribution in [0.3, 0.4) is 0 Å². The fourth-order valence-electron chi connectivity index (χ4n) is 4.49. The first-order valence-electron chi connectivity index (χ1n) is 10.1. The van der Waals surface area contributed by atoms with Gasteiger partial charge in [0.05, 0.1) is 12.2 Å². The van der Waals surface area contributed by atoms with Crippen molar-refractivity contribution in [3.63, 3.8) is 0 Å². The van der Waals surface area contributed by atoms with Gasteiger partial charge in [0, 0.05) is 37.6 Å². The van der Waals surface area contributed by atoms with Crippen molar-refractivity contribution >= 4 is 6.03 Å². The summed E-state index contributed by atoms with van der Waals surface area (Å²) in [6.07, 6.45) is 7.56. The Hall–Kier alpha value is -2.57. The lowest BCUT2D eigenvalue weighted by Crippen LogP contribution is -2.41. The molecule has 1 saturated carbocycles. The Bertz CT molecular complexity index is 806. The Morgan fingerprint density at radius 3 is 2.68 bits per heavy atom. The van der Waals surface area contributed by atoms with Crippen molar-refractivity contribution in [2.45, 2.75) is 51.8 Å². The van der Waals surface area contributed by atoms with Crippen LogP contribution >= 0.6 is 0 Å². The molecule has 1 N–H and O–H groups in total. The predicted molar refractivity (Wildman–Crippen MR) is 106 cm³/mol. The molecule has 0 spiro atoms. The smallest absolute Gasteiger partial charge is 0.317 e. The van der Waals surface area contributed by atoms with Crippen LogP contribution in [0.15, 0.2) is 36.8 Å². The molecule has 1 saturated heterocycles. The minimum Gasteiger partial charge on any atom is -0.472 e. The lowest BCUT2D eigenvalue weighted by Gasteiger charge is -2.37. The van der Waals surface area contributed by atoms with Crippen LogP contribution < -0.4 is 10.1 Å². The molecule has 7 heteroatoms. The molecule has 0 unspecified atom stereocenters. The Morgan fingerprint density at radius 2 is 2.04 bits per heavy atom. The van der Waals surface area contributed by atoms with E-state index in [2.05, 4.69) is 28.5 Å². The van der Waals surface area contributed by atoms with Gasteiger partial charge in [-0.1, -0.05) is 6.07 Å². The van der Waals surface area contributed by atoms with Crippen LogP contribution in [0.1, 0.15) is 38.3 Å². The molecule has 2 aliphatic rings. The van der Waals surface area contributed by atoms with Crippen molar-refractivity contribution < 1.29 is 9.53 Å². The number of hydrogen-bond donors (Lipinski definition) is 1. The van der Waals surface area contributed by atoms with Gasteiger partial charge in [0.15, 0.2) is 0 Å². The number of aryl methyl sites for hydroxylation is 1. The molecule has 150 valence electrons. The molecule has 4 rings (SSSR count). The van der Waals surface area contributed by atoms with E-state index in [4.69, 9.17) is 4.74 Å². The third-order valence-electron chi connectivity index (χ3n) is 5.76. The van der Waals surface area contributed by atoms with E-state index in [1.165, 1.54) is 0 Å². The van der Waals surface area contributed by atoms with E-state index in [9.17, 15) is 4.79 Å². The first kappa shape index (κ1) is 18.8. The number of likely N-dealkylation sites (tertiary alicyclic amines) is 1. The van der Waals surface area contributed by atoms with E-state index >= 15 is 0 Å². The Kier molecular flexibility index (Phi) is 5.24. The average molecular weight is 383 g/mol. The van der Waals surface area contributed by atoms with Crippen molar-refractivity contribution in [3.05, 3.63) is 42.4 Å². The molecule has 2 fully saturated rings. The van der Waals surface area contributed by atoms with Crippen LogP contribution in [-0.2, 0) is 0 Å². The monoisotopic (exact) mass is 383 g/mol. The summed E-state index contributed by atoms with van der Waals surface area (Å²) in [6.45, 7) is 7.63. The fraction of sp³-hybridized carbons (Fsp3) is 0.571. The number of hydrogen-bond acceptors (Lipinski definition) is 4. The zero-order valence-electron chi connectivity index (χ0n) is 16.8. The van der Waals surface area contributed by atoms with Crippen LogP contribution in [0.2, 0.25) is 0 Å². The number of carbonyl (C=O) groups is 1. The van der Waals surface area contributed by atoms with Crippen molar-refractivity contribution in [2.75, 3.05) is 13.1 Å². The van der Waals surface area contributed by atoms with Gasteiger partial charge in [0.1, 0.15) is 6.10 Å². The highest BCUT2D eigenvalue weighted by molar-refractivity contribution is 5.74.